The molecule has 0 heterocycles. The number of ketones is 1. The van der Waals surface area contributed by atoms with Gasteiger partial charge in [-0.25, -0.2) is 0 Å². The van der Waals surface area contributed by atoms with Crippen LogP contribution in [0.25, 0.3) is 0 Å². The summed E-state index contributed by atoms with van der Waals surface area (Å²) in [5.74, 6) is 0.336. The fourth-order valence-corrected chi connectivity index (χ4v) is 2.14. The maximum atomic E-state index is 12.6. The van der Waals surface area contributed by atoms with Crippen LogP contribution in [0.1, 0.15) is 74.1 Å². The van der Waals surface area contributed by atoms with Crippen molar-refractivity contribution in [2.45, 2.75) is 85.7 Å². The normalized spacial score (nSPS) is 14.3. The number of hydrogen-bond donors (Lipinski definition) is 2. The lowest BCUT2D eigenvalue weighted by Gasteiger charge is -2.33. The van der Waals surface area contributed by atoms with Crippen molar-refractivity contribution in [1.82, 2.24) is 10.6 Å². The predicted octanol–water partition coefficient (Wildman–Crippen LogP) is 3.53. The lowest BCUT2D eigenvalue weighted by Crippen LogP contribution is -2.52. The van der Waals surface area contributed by atoms with Gasteiger partial charge in [-0.15, -0.1) is 0 Å². The SMILES string of the molecule is CCNCCCCC(NC(C)(C)CC)C(=O)C(C)(C)C. The molecular formula is C17H36N2O. The van der Waals surface area contributed by atoms with Crippen LogP contribution in [0, 0.1) is 5.41 Å². The second-order valence-electron chi connectivity index (χ2n) is 7.40. The van der Waals surface area contributed by atoms with Crippen LogP contribution in [-0.2, 0) is 4.79 Å². The Morgan fingerprint density at radius 3 is 2.10 bits per heavy atom. The van der Waals surface area contributed by atoms with E-state index in [1.165, 1.54) is 0 Å². The molecule has 0 bridgehead atoms. The van der Waals surface area contributed by atoms with Crippen LogP contribution in [0.5, 0.6) is 0 Å². The van der Waals surface area contributed by atoms with Gasteiger partial charge in [0.05, 0.1) is 6.04 Å². The highest BCUT2D eigenvalue weighted by Gasteiger charge is 2.32. The largest absolute Gasteiger partial charge is 0.317 e. The molecule has 0 aliphatic heterocycles. The average Bonchev–Trinajstić information content (AvgIpc) is 2.35. The van der Waals surface area contributed by atoms with E-state index in [0.29, 0.717) is 5.78 Å². The van der Waals surface area contributed by atoms with E-state index in [2.05, 4.69) is 38.3 Å². The molecular weight excluding hydrogens is 248 g/mol. The molecule has 120 valence electrons. The Bertz CT molecular complexity index is 279. The quantitative estimate of drug-likeness (QED) is 0.603. The zero-order valence-electron chi connectivity index (χ0n) is 14.7. The minimum absolute atomic E-state index is 0.0211. The minimum Gasteiger partial charge on any atom is -0.317 e. The summed E-state index contributed by atoms with van der Waals surface area (Å²) in [7, 11) is 0. The third-order valence-corrected chi connectivity index (χ3v) is 3.85. The summed E-state index contributed by atoms with van der Waals surface area (Å²) in [6, 6.07) is -0.0217. The van der Waals surface area contributed by atoms with Crippen molar-refractivity contribution in [3.63, 3.8) is 0 Å². The Morgan fingerprint density at radius 2 is 1.65 bits per heavy atom. The fraction of sp³-hybridized carbons (Fsp3) is 0.941. The average molecular weight is 284 g/mol. The number of hydrogen-bond acceptors (Lipinski definition) is 3. The Balaban J connectivity index is 4.52. The van der Waals surface area contributed by atoms with Crippen molar-refractivity contribution in [3.05, 3.63) is 0 Å². The van der Waals surface area contributed by atoms with E-state index in [4.69, 9.17) is 0 Å². The van der Waals surface area contributed by atoms with Crippen LogP contribution in [0.3, 0.4) is 0 Å². The molecule has 20 heavy (non-hydrogen) atoms. The van der Waals surface area contributed by atoms with E-state index >= 15 is 0 Å². The molecule has 3 heteroatoms. The lowest BCUT2D eigenvalue weighted by atomic mass is 9.83. The number of unbranched alkanes of at least 4 members (excludes halogenated alkanes) is 1. The van der Waals surface area contributed by atoms with E-state index in [1.807, 2.05) is 20.8 Å². The summed E-state index contributed by atoms with van der Waals surface area (Å²) in [6.45, 7) is 16.7. The van der Waals surface area contributed by atoms with Gasteiger partial charge in [-0.1, -0.05) is 41.0 Å². The molecule has 0 aliphatic carbocycles. The van der Waals surface area contributed by atoms with Gasteiger partial charge in [0.25, 0.3) is 0 Å². The third-order valence-electron chi connectivity index (χ3n) is 3.85. The van der Waals surface area contributed by atoms with Crippen molar-refractivity contribution in [2.24, 2.45) is 5.41 Å². The summed E-state index contributed by atoms with van der Waals surface area (Å²) in [4.78, 5) is 12.6. The van der Waals surface area contributed by atoms with Crippen LogP contribution >= 0.6 is 0 Å². The van der Waals surface area contributed by atoms with E-state index in [9.17, 15) is 4.79 Å². The second-order valence-corrected chi connectivity index (χ2v) is 7.40. The van der Waals surface area contributed by atoms with Gasteiger partial charge in [0, 0.05) is 11.0 Å². The molecule has 0 aromatic rings. The summed E-state index contributed by atoms with van der Waals surface area (Å²) in [5.41, 5.74) is -0.254. The third kappa shape index (κ3) is 8.01. The highest BCUT2D eigenvalue weighted by atomic mass is 16.1. The van der Waals surface area contributed by atoms with Crippen molar-refractivity contribution in [3.8, 4) is 0 Å². The highest BCUT2D eigenvalue weighted by Crippen LogP contribution is 2.21. The van der Waals surface area contributed by atoms with Crippen molar-refractivity contribution < 1.29 is 4.79 Å². The van der Waals surface area contributed by atoms with E-state index < -0.39 is 0 Å². The van der Waals surface area contributed by atoms with E-state index in [0.717, 1.165) is 38.8 Å². The van der Waals surface area contributed by atoms with Crippen LogP contribution in [-0.4, -0.2) is 30.5 Å². The van der Waals surface area contributed by atoms with E-state index in [1.54, 1.807) is 0 Å². The first-order valence-corrected chi connectivity index (χ1v) is 8.16. The molecule has 1 unspecified atom stereocenters. The van der Waals surface area contributed by atoms with Gasteiger partial charge in [0.2, 0.25) is 0 Å². The first-order chi connectivity index (χ1) is 9.14. The standard InChI is InChI=1S/C17H36N2O/c1-8-17(6,7)19-14(15(20)16(3,4)5)12-10-11-13-18-9-2/h14,18-19H,8-13H2,1-7H3. The van der Waals surface area contributed by atoms with Crippen LogP contribution in [0.4, 0.5) is 0 Å². The minimum atomic E-state index is -0.275. The molecule has 0 spiro atoms. The van der Waals surface area contributed by atoms with Gasteiger partial charge in [0.1, 0.15) is 0 Å². The van der Waals surface area contributed by atoms with Crippen LogP contribution in [0.15, 0.2) is 0 Å². The monoisotopic (exact) mass is 284 g/mol. The number of rotatable bonds is 10. The zero-order chi connectivity index (χ0) is 15.8. The van der Waals surface area contributed by atoms with Gasteiger partial charge in [0.15, 0.2) is 5.78 Å². The molecule has 0 saturated heterocycles. The number of nitrogens with one attached hydrogen (secondary N) is 2. The van der Waals surface area contributed by atoms with Crippen LogP contribution < -0.4 is 10.6 Å². The van der Waals surface area contributed by atoms with Gasteiger partial charge >= 0.3 is 0 Å². The molecule has 0 fully saturated rings. The lowest BCUT2D eigenvalue weighted by molar-refractivity contribution is -0.129. The Morgan fingerprint density at radius 1 is 1.05 bits per heavy atom. The molecule has 0 saturated carbocycles. The molecule has 0 radical (unpaired) electrons. The summed E-state index contributed by atoms with van der Waals surface area (Å²) in [5, 5.41) is 6.91. The number of Topliss-reactive ketones (excluding diaryl/α,β-unsaturated/α-hetero) is 1. The summed E-state index contributed by atoms with van der Waals surface area (Å²) >= 11 is 0. The molecule has 0 aromatic carbocycles. The van der Waals surface area contributed by atoms with Crippen molar-refractivity contribution in [1.29, 1.82) is 0 Å². The van der Waals surface area contributed by atoms with Gasteiger partial charge in [-0.2, -0.15) is 0 Å². The topological polar surface area (TPSA) is 41.1 Å². The molecule has 0 amide bonds. The molecule has 0 aliphatic rings. The van der Waals surface area contributed by atoms with Gasteiger partial charge in [-0.05, 0) is 46.2 Å². The number of carbonyl (C=O) groups excluding carboxylic acids is 1. The molecule has 0 aromatic heterocycles. The summed E-state index contributed by atoms with van der Waals surface area (Å²) < 4.78 is 0. The summed E-state index contributed by atoms with van der Waals surface area (Å²) in [6.07, 6.45) is 4.19. The molecule has 0 rings (SSSR count). The smallest absolute Gasteiger partial charge is 0.155 e. The Hall–Kier alpha value is -0.410. The number of carbonyl (C=O) groups is 1. The van der Waals surface area contributed by atoms with Crippen molar-refractivity contribution in [2.75, 3.05) is 13.1 Å². The van der Waals surface area contributed by atoms with Gasteiger partial charge in [-0.3, -0.25) is 4.79 Å². The highest BCUT2D eigenvalue weighted by molar-refractivity contribution is 5.88. The van der Waals surface area contributed by atoms with E-state index in [-0.39, 0.29) is 17.0 Å². The predicted molar refractivity (Wildman–Crippen MR) is 88.2 cm³/mol. The zero-order valence-corrected chi connectivity index (χ0v) is 14.7. The molecule has 3 nitrogen and oxygen atoms in total. The maximum absolute atomic E-state index is 12.6. The van der Waals surface area contributed by atoms with Crippen LogP contribution in [0.2, 0.25) is 0 Å². The first kappa shape index (κ1) is 19.6. The van der Waals surface area contributed by atoms with Gasteiger partial charge < -0.3 is 10.6 Å². The Labute approximate surface area is 126 Å². The first-order valence-electron chi connectivity index (χ1n) is 8.16. The molecule has 2 N–H and O–H groups in total. The Kier molecular flexibility index (Phi) is 8.60. The van der Waals surface area contributed by atoms with Crippen molar-refractivity contribution >= 4 is 5.78 Å². The maximum Gasteiger partial charge on any atom is 0.155 e. The molecule has 1 atom stereocenters. The fourth-order valence-electron chi connectivity index (χ4n) is 2.14. The second kappa shape index (κ2) is 8.78.